The van der Waals surface area contributed by atoms with E-state index < -0.39 is 25.7 Å². The summed E-state index contributed by atoms with van der Waals surface area (Å²) in [5, 5.41) is 29.4. The number of hydrogen-bond acceptors (Lipinski definition) is 5. The molecule has 128 valence electrons. The predicted molar refractivity (Wildman–Crippen MR) is 67.5 cm³/mol. The average molecular weight is 338 g/mol. The van der Waals surface area contributed by atoms with Crippen molar-refractivity contribution in [1.29, 1.82) is 0 Å². The van der Waals surface area contributed by atoms with Crippen LogP contribution in [0.2, 0.25) is 0 Å². The molecule has 0 aromatic carbocycles. The number of carbonyl (C=O) groups is 4. The largest absolute Gasteiger partial charge is 0.483 e. The fourth-order valence-corrected chi connectivity index (χ4v) is 0. The van der Waals surface area contributed by atoms with Gasteiger partial charge in [0.25, 0.3) is 18.4 Å². The molecule has 13 heteroatoms. The van der Waals surface area contributed by atoms with Crippen LogP contribution in [0.25, 0.3) is 0 Å². The standard InChI is InChI=1S/C3H6O2.2C2H4O2.CH2O2.H3O4P/c1-2-3(4)5;2*1-2(3)4;2-1-3;1-5(2,3)4/h2H2,1H3,(H,4,5);2*1H3,(H,3,4);1H,(H,2,3);(H3,1,2,3,4). The van der Waals surface area contributed by atoms with Gasteiger partial charge in [-0.15, -0.1) is 0 Å². The summed E-state index contributed by atoms with van der Waals surface area (Å²) in [5.41, 5.74) is 0. The van der Waals surface area contributed by atoms with E-state index >= 15 is 0 Å². The second-order valence-electron chi connectivity index (χ2n) is 2.40. The maximum Gasteiger partial charge on any atom is 0.466 e. The summed E-state index contributed by atoms with van der Waals surface area (Å²) in [6.07, 6.45) is 0.222. The van der Waals surface area contributed by atoms with Crippen LogP contribution in [0.3, 0.4) is 0 Å². The molecule has 0 bridgehead atoms. The Kier molecular flexibility index (Phi) is 34.6. The van der Waals surface area contributed by atoms with Crippen LogP contribution in [0.1, 0.15) is 27.2 Å². The number of rotatable bonds is 1. The lowest BCUT2D eigenvalue weighted by Gasteiger charge is -1.82. The molecule has 0 spiro atoms. The highest BCUT2D eigenvalue weighted by molar-refractivity contribution is 7.45. The Balaban J connectivity index is -0.0000000514. The van der Waals surface area contributed by atoms with E-state index in [0.29, 0.717) is 0 Å². The lowest BCUT2D eigenvalue weighted by atomic mass is 10.5. The first-order chi connectivity index (χ1) is 9.15. The van der Waals surface area contributed by atoms with Crippen molar-refractivity contribution in [2.24, 2.45) is 0 Å². The minimum Gasteiger partial charge on any atom is -0.483 e. The summed E-state index contributed by atoms with van der Waals surface area (Å²) >= 11 is 0. The van der Waals surface area contributed by atoms with E-state index in [9.17, 15) is 4.79 Å². The monoisotopic (exact) mass is 338 g/mol. The molecule has 0 heterocycles. The number of phosphoric acid groups is 1. The third-order valence-corrected chi connectivity index (χ3v) is 0.302. The molecule has 0 saturated heterocycles. The van der Waals surface area contributed by atoms with Gasteiger partial charge in [0, 0.05) is 20.3 Å². The summed E-state index contributed by atoms with van der Waals surface area (Å²) in [6.45, 7) is 3.52. The first-order valence-corrected chi connectivity index (χ1v) is 6.19. The van der Waals surface area contributed by atoms with Crippen molar-refractivity contribution < 1.29 is 58.8 Å². The van der Waals surface area contributed by atoms with Gasteiger partial charge in [-0.2, -0.15) is 0 Å². The Labute approximate surface area is 119 Å². The number of carboxylic acid groups (broad SMARTS) is 4. The number of carboxylic acids is 3. The van der Waals surface area contributed by atoms with Gasteiger partial charge >= 0.3 is 13.8 Å². The van der Waals surface area contributed by atoms with Crippen LogP contribution in [0, 0.1) is 0 Å². The molecule has 0 unspecified atom stereocenters. The van der Waals surface area contributed by atoms with Crippen molar-refractivity contribution >= 4 is 32.2 Å². The first-order valence-electron chi connectivity index (χ1n) is 4.62. The van der Waals surface area contributed by atoms with Gasteiger partial charge in [-0.25, -0.2) is 4.57 Å². The van der Waals surface area contributed by atoms with Gasteiger partial charge in [-0.3, -0.25) is 19.2 Å². The van der Waals surface area contributed by atoms with Gasteiger partial charge < -0.3 is 35.1 Å². The summed E-state index contributed by atoms with van der Waals surface area (Å²) in [6, 6.07) is 0. The maximum absolute atomic E-state index is 9.37. The topological polar surface area (TPSA) is 227 Å². The Morgan fingerprint density at radius 2 is 1.00 bits per heavy atom. The zero-order chi connectivity index (χ0) is 18.6. The molecule has 0 amide bonds. The zero-order valence-corrected chi connectivity index (χ0v) is 12.3. The maximum atomic E-state index is 9.37. The fraction of sp³-hybridized carbons (Fsp3) is 0.500. The van der Waals surface area contributed by atoms with Crippen LogP contribution < -0.4 is 0 Å². The molecule has 12 nitrogen and oxygen atoms in total. The summed E-state index contributed by atoms with van der Waals surface area (Å²) < 4.78 is 8.88. The Morgan fingerprint density at radius 1 is 0.952 bits per heavy atom. The van der Waals surface area contributed by atoms with E-state index in [4.69, 9.17) is 54.1 Å². The van der Waals surface area contributed by atoms with E-state index in [0.717, 1.165) is 13.8 Å². The van der Waals surface area contributed by atoms with Crippen molar-refractivity contribution in [2.45, 2.75) is 27.2 Å². The Morgan fingerprint density at radius 3 is 1.00 bits per heavy atom. The smallest absolute Gasteiger partial charge is 0.466 e. The van der Waals surface area contributed by atoms with E-state index in [1.54, 1.807) is 6.92 Å². The molecule has 0 aromatic heterocycles. The van der Waals surface area contributed by atoms with Gasteiger partial charge in [0.15, 0.2) is 0 Å². The first kappa shape index (κ1) is 31.4. The fourth-order valence-electron chi connectivity index (χ4n) is 0. The predicted octanol–water partition coefficient (Wildman–Crippen LogP) is -0.565. The van der Waals surface area contributed by atoms with Crippen molar-refractivity contribution in [1.82, 2.24) is 0 Å². The molecule has 0 aromatic rings. The van der Waals surface area contributed by atoms with Crippen LogP contribution in [-0.2, 0) is 23.7 Å². The normalized spacial score (nSPS) is 7.52. The Bertz CT molecular complexity index is 291. The third-order valence-electron chi connectivity index (χ3n) is 0.302. The van der Waals surface area contributed by atoms with Crippen molar-refractivity contribution in [3.05, 3.63) is 0 Å². The summed E-state index contributed by atoms with van der Waals surface area (Å²) in [4.78, 5) is 57.3. The van der Waals surface area contributed by atoms with Crippen LogP contribution >= 0.6 is 7.82 Å². The lowest BCUT2D eigenvalue weighted by Crippen LogP contribution is -1.86. The highest BCUT2D eigenvalue weighted by Gasteiger charge is 2.00. The highest BCUT2D eigenvalue weighted by Crippen LogP contribution is 2.25. The van der Waals surface area contributed by atoms with Crippen LogP contribution in [0.15, 0.2) is 0 Å². The van der Waals surface area contributed by atoms with Crippen molar-refractivity contribution in [3.8, 4) is 0 Å². The molecule has 0 aliphatic carbocycles. The number of hydrogen-bond donors (Lipinski definition) is 7. The average Bonchev–Trinajstić information content (AvgIpc) is 2.14. The second-order valence-corrected chi connectivity index (χ2v) is 3.43. The van der Waals surface area contributed by atoms with Gasteiger partial charge in [-0.05, 0) is 0 Å². The van der Waals surface area contributed by atoms with Crippen LogP contribution in [0.4, 0.5) is 0 Å². The summed E-state index contributed by atoms with van der Waals surface area (Å²) in [5.74, 6) is -2.41. The van der Waals surface area contributed by atoms with Crippen molar-refractivity contribution in [3.63, 3.8) is 0 Å². The highest BCUT2D eigenvalue weighted by atomic mass is 31.2. The zero-order valence-electron chi connectivity index (χ0n) is 11.4. The summed E-state index contributed by atoms with van der Waals surface area (Å²) in [7, 11) is -4.64. The molecule has 0 atom stereocenters. The van der Waals surface area contributed by atoms with E-state index in [-0.39, 0.29) is 12.9 Å². The van der Waals surface area contributed by atoms with Gasteiger partial charge in [0.1, 0.15) is 0 Å². The van der Waals surface area contributed by atoms with E-state index in [1.807, 2.05) is 0 Å². The molecule has 0 saturated carbocycles. The third kappa shape index (κ3) is 46000000. The SMILES string of the molecule is CC(=O)O.CC(=O)O.CCC(=O)O.O=CO.O=P(O)(O)O. The number of aliphatic carboxylic acids is 3. The quantitative estimate of drug-likeness (QED) is 0.235. The molecule has 0 radical (unpaired) electrons. The minimum absolute atomic E-state index is 0.222. The van der Waals surface area contributed by atoms with Gasteiger partial charge in [0.2, 0.25) is 0 Å². The molecule has 0 rings (SSSR count). The minimum atomic E-state index is -4.64. The van der Waals surface area contributed by atoms with E-state index in [2.05, 4.69) is 0 Å². The molecule has 0 fully saturated rings. The van der Waals surface area contributed by atoms with Crippen molar-refractivity contribution in [2.75, 3.05) is 0 Å². The van der Waals surface area contributed by atoms with Gasteiger partial charge in [-0.1, -0.05) is 6.92 Å². The Hall–Kier alpha value is -2.01. The molecule has 0 aliphatic heterocycles. The molecular weight excluding hydrogens is 319 g/mol. The van der Waals surface area contributed by atoms with Crippen LogP contribution in [0.5, 0.6) is 0 Å². The molecule has 21 heavy (non-hydrogen) atoms. The lowest BCUT2D eigenvalue weighted by molar-refractivity contribution is -0.137. The van der Waals surface area contributed by atoms with Gasteiger partial charge in [0.05, 0.1) is 0 Å². The molecule has 0 aliphatic rings. The van der Waals surface area contributed by atoms with E-state index in [1.165, 1.54) is 0 Å². The van der Waals surface area contributed by atoms with Crippen LogP contribution in [-0.4, -0.2) is 59.5 Å². The second kappa shape index (κ2) is 23.1. The molecular formula is C8H19O12P. The molecule has 7 N–H and O–H groups in total.